The molecule has 228 valence electrons. The number of hydrogen-bond acceptors (Lipinski definition) is 5. The Bertz CT molecular complexity index is 1550. The van der Waals surface area contributed by atoms with E-state index in [1.165, 1.54) is 24.3 Å². The Morgan fingerprint density at radius 2 is 1.86 bits per heavy atom. The van der Waals surface area contributed by atoms with Crippen LogP contribution in [0.2, 0.25) is 0 Å². The first-order valence-corrected chi connectivity index (χ1v) is 15.4. The third-order valence-electron chi connectivity index (χ3n) is 9.07. The van der Waals surface area contributed by atoms with Gasteiger partial charge in [0, 0.05) is 32.4 Å². The van der Waals surface area contributed by atoms with Crippen LogP contribution in [0.1, 0.15) is 73.5 Å². The van der Waals surface area contributed by atoms with Gasteiger partial charge in [-0.05, 0) is 84.8 Å². The van der Waals surface area contributed by atoms with Gasteiger partial charge in [0.05, 0.1) is 11.0 Å². The van der Waals surface area contributed by atoms with Gasteiger partial charge in [-0.3, -0.25) is 0 Å². The van der Waals surface area contributed by atoms with Crippen LogP contribution in [0.4, 0.5) is 4.39 Å². The molecule has 1 aromatic heterocycles. The molecule has 0 fully saturated rings. The van der Waals surface area contributed by atoms with Gasteiger partial charge in [0.2, 0.25) is 0 Å². The Morgan fingerprint density at radius 1 is 1.09 bits per heavy atom. The lowest BCUT2D eigenvalue weighted by Crippen LogP contribution is -2.49. The number of nitrogens with zero attached hydrogens (tertiary/aromatic N) is 2. The van der Waals surface area contributed by atoms with Gasteiger partial charge in [-0.2, -0.15) is 0 Å². The molecule has 43 heavy (non-hydrogen) atoms. The van der Waals surface area contributed by atoms with Crippen LogP contribution in [0, 0.1) is 11.7 Å². The van der Waals surface area contributed by atoms with Gasteiger partial charge in [0.15, 0.2) is 0 Å². The van der Waals surface area contributed by atoms with E-state index in [2.05, 4.69) is 74.1 Å². The maximum absolute atomic E-state index is 14.0. The number of methoxy groups -OCH3 is 1. The summed E-state index contributed by atoms with van der Waals surface area (Å²) in [6, 6.07) is 22.1. The Morgan fingerprint density at radius 3 is 2.58 bits per heavy atom. The van der Waals surface area contributed by atoms with Gasteiger partial charge >= 0.3 is 5.97 Å². The second-order valence-corrected chi connectivity index (χ2v) is 12.3. The van der Waals surface area contributed by atoms with Gasteiger partial charge in [-0.1, -0.05) is 63.2 Å². The highest BCUT2D eigenvalue weighted by Gasteiger charge is 2.47. The average molecular weight is 586 g/mol. The number of aryl methyl sites for hydroxylation is 2. The normalized spacial score (nSPS) is 19.0. The lowest BCUT2D eigenvalue weighted by molar-refractivity contribution is -0.171. The standard InChI is InChI=1S/C36H44FN3O3/c1-24(2)34-30-15-14-29(37)22-28(30)16-18-36(34,43-33(41)23-42-5)19-21-38-20-17-26-10-12-27(13-11-26)25(3)35-39-31-8-6-7-9-32(31)40(35)4/h6-15,22,24-25,34,38H,16-21,23H2,1-5H3/t25?,34-,36-/m0/s1. The summed E-state index contributed by atoms with van der Waals surface area (Å²) in [5, 5.41) is 3.59. The fourth-order valence-corrected chi connectivity index (χ4v) is 7.00. The molecule has 1 aliphatic rings. The van der Waals surface area contributed by atoms with Crippen LogP contribution in [0.5, 0.6) is 0 Å². The van der Waals surface area contributed by atoms with Gasteiger partial charge < -0.3 is 19.4 Å². The van der Waals surface area contributed by atoms with E-state index < -0.39 is 5.60 Å². The van der Waals surface area contributed by atoms with Crippen LogP contribution in [-0.4, -0.2) is 47.9 Å². The number of halogens is 1. The molecule has 4 aromatic rings. The number of hydrogen-bond donors (Lipinski definition) is 1. The first kappa shape index (κ1) is 30.9. The number of aromatic nitrogens is 2. The van der Waals surface area contributed by atoms with E-state index in [0.717, 1.165) is 41.0 Å². The summed E-state index contributed by atoms with van der Waals surface area (Å²) >= 11 is 0. The van der Waals surface area contributed by atoms with Crippen LogP contribution < -0.4 is 5.32 Å². The summed E-state index contributed by atoms with van der Waals surface area (Å²) < 4.78 is 27.5. The molecule has 3 atom stereocenters. The van der Waals surface area contributed by atoms with Crippen molar-refractivity contribution in [2.45, 2.75) is 63.9 Å². The zero-order chi connectivity index (χ0) is 30.6. The molecule has 7 heteroatoms. The van der Waals surface area contributed by atoms with Gasteiger partial charge in [0.1, 0.15) is 23.8 Å². The van der Waals surface area contributed by atoms with Crippen molar-refractivity contribution in [2.24, 2.45) is 13.0 Å². The molecule has 6 nitrogen and oxygen atoms in total. The zero-order valence-electron chi connectivity index (χ0n) is 26.0. The van der Waals surface area contributed by atoms with E-state index >= 15 is 0 Å². The average Bonchev–Trinajstić information content (AvgIpc) is 3.33. The van der Waals surface area contributed by atoms with Crippen LogP contribution in [0.3, 0.4) is 0 Å². The number of fused-ring (bicyclic) bond motifs is 2. The summed E-state index contributed by atoms with van der Waals surface area (Å²) in [4.78, 5) is 17.6. The molecule has 1 heterocycles. The van der Waals surface area contributed by atoms with Gasteiger partial charge in [-0.15, -0.1) is 0 Å². The highest BCUT2D eigenvalue weighted by Crippen LogP contribution is 2.48. The van der Waals surface area contributed by atoms with Crippen molar-refractivity contribution < 1.29 is 18.7 Å². The second-order valence-electron chi connectivity index (χ2n) is 12.3. The molecule has 1 aliphatic carbocycles. The summed E-state index contributed by atoms with van der Waals surface area (Å²) in [7, 11) is 3.58. The molecule has 0 bridgehead atoms. The number of esters is 1. The van der Waals surface area contributed by atoms with Gasteiger partial charge in [0.25, 0.3) is 0 Å². The Labute approximate surface area is 254 Å². The minimum atomic E-state index is -0.671. The van der Waals surface area contributed by atoms with Crippen LogP contribution in [-0.2, 0) is 34.2 Å². The monoisotopic (exact) mass is 585 g/mol. The maximum atomic E-state index is 14.0. The fourth-order valence-electron chi connectivity index (χ4n) is 7.00. The number of carbonyl (C=O) groups excluding carboxylic acids is 1. The highest BCUT2D eigenvalue weighted by atomic mass is 19.1. The summed E-state index contributed by atoms with van der Waals surface area (Å²) in [6.45, 7) is 7.95. The van der Waals surface area contributed by atoms with Gasteiger partial charge in [-0.25, -0.2) is 14.2 Å². The molecule has 0 spiro atoms. The summed E-state index contributed by atoms with van der Waals surface area (Å²) in [5.41, 5.74) is 6.11. The van der Waals surface area contributed by atoms with Crippen molar-refractivity contribution in [2.75, 3.05) is 26.8 Å². The third kappa shape index (κ3) is 6.68. The SMILES string of the molecule is COCC(=O)O[C@]1(CCNCCc2ccc(C(C)c3nc4ccccc4n3C)cc2)CCc2cc(F)ccc2[C@@H]1C(C)C. The van der Waals surface area contributed by atoms with E-state index in [0.29, 0.717) is 25.8 Å². The van der Waals surface area contributed by atoms with Crippen LogP contribution >= 0.6 is 0 Å². The summed E-state index contributed by atoms with van der Waals surface area (Å²) in [5.74, 6) is 0.861. The van der Waals surface area contributed by atoms with Crippen molar-refractivity contribution in [3.63, 3.8) is 0 Å². The Hall–Kier alpha value is -3.55. The minimum Gasteiger partial charge on any atom is -0.457 e. The summed E-state index contributed by atoms with van der Waals surface area (Å²) in [6.07, 6.45) is 2.91. The number of carbonyl (C=O) groups is 1. The predicted octanol–water partition coefficient (Wildman–Crippen LogP) is 6.70. The minimum absolute atomic E-state index is 0.0229. The highest BCUT2D eigenvalue weighted by molar-refractivity contribution is 5.76. The largest absolute Gasteiger partial charge is 0.457 e. The molecular formula is C36H44FN3O3. The molecular weight excluding hydrogens is 541 g/mol. The number of rotatable bonds is 12. The quantitative estimate of drug-likeness (QED) is 0.148. The predicted molar refractivity (Wildman–Crippen MR) is 169 cm³/mol. The number of para-hydroxylation sites is 2. The smallest absolute Gasteiger partial charge is 0.332 e. The van der Waals surface area contributed by atoms with Crippen molar-refractivity contribution in [1.29, 1.82) is 0 Å². The zero-order valence-corrected chi connectivity index (χ0v) is 26.0. The van der Waals surface area contributed by atoms with Crippen molar-refractivity contribution >= 4 is 17.0 Å². The Balaban J connectivity index is 1.21. The topological polar surface area (TPSA) is 65.4 Å². The van der Waals surface area contributed by atoms with E-state index in [1.807, 2.05) is 18.2 Å². The van der Waals surface area contributed by atoms with E-state index in [1.54, 1.807) is 6.07 Å². The lowest BCUT2D eigenvalue weighted by atomic mass is 9.65. The molecule has 5 rings (SSSR count). The van der Waals surface area contributed by atoms with E-state index in [-0.39, 0.29) is 36.1 Å². The Kier molecular flexibility index (Phi) is 9.62. The third-order valence-corrected chi connectivity index (χ3v) is 9.07. The molecule has 1 N–H and O–H groups in total. The molecule has 0 saturated carbocycles. The number of ether oxygens (including phenoxy) is 2. The first-order chi connectivity index (χ1) is 20.7. The van der Waals surface area contributed by atoms with Crippen molar-refractivity contribution in [3.8, 4) is 0 Å². The van der Waals surface area contributed by atoms with Crippen molar-refractivity contribution in [1.82, 2.24) is 14.9 Å². The molecule has 0 amide bonds. The lowest BCUT2D eigenvalue weighted by Gasteiger charge is -2.46. The number of benzene rings is 3. The van der Waals surface area contributed by atoms with Crippen LogP contribution in [0.25, 0.3) is 11.0 Å². The van der Waals surface area contributed by atoms with E-state index in [9.17, 15) is 9.18 Å². The van der Waals surface area contributed by atoms with Crippen LogP contribution in [0.15, 0.2) is 66.7 Å². The maximum Gasteiger partial charge on any atom is 0.332 e. The molecule has 0 aliphatic heterocycles. The molecule has 0 radical (unpaired) electrons. The van der Waals surface area contributed by atoms with Crippen molar-refractivity contribution in [3.05, 3.63) is 101 Å². The first-order valence-electron chi connectivity index (χ1n) is 15.4. The molecule has 3 aromatic carbocycles. The van der Waals surface area contributed by atoms with E-state index in [4.69, 9.17) is 14.5 Å². The second kappa shape index (κ2) is 13.4. The molecule has 1 unspecified atom stereocenters. The molecule has 0 saturated heterocycles. The fraction of sp³-hybridized carbons (Fsp3) is 0.444. The number of imidazole rings is 1. The number of nitrogens with one attached hydrogen (secondary N) is 1.